The molecule has 0 saturated heterocycles. The van der Waals surface area contributed by atoms with Crippen molar-refractivity contribution in [3.63, 3.8) is 0 Å². The van der Waals surface area contributed by atoms with Gasteiger partial charge in [-0.25, -0.2) is 4.79 Å². The standard InChI is InChI=1S/C26H23BrN2O5/c1-29(13-12-24(30)31)25(32)21-11-10-16(27)14-23(21)28-26(33)34-15-22-19-8-4-2-6-17(19)18-7-3-5-9-20(18)22/h2-11,14,22H,12-13,15H2,1H3,(H,28,33)(H,30,31). The minimum absolute atomic E-state index is 0.0502. The van der Waals surface area contributed by atoms with E-state index in [9.17, 15) is 14.4 Å². The minimum atomic E-state index is -0.993. The van der Waals surface area contributed by atoms with Crippen LogP contribution in [0.4, 0.5) is 10.5 Å². The fraction of sp³-hybridized carbons (Fsp3) is 0.192. The number of ether oxygens (including phenoxy) is 1. The first kappa shape index (κ1) is 23.5. The molecule has 0 aliphatic heterocycles. The summed E-state index contributed by atoms with van der Waals surface area (Å²) in [6.07, 6.45) is -0.851. The van der Waals surface area contributed by atoms with Crippen molar-refractivity contribution in [2.24, 2.45) is 0 Å². The number of rotatable bonds is 7. The molecule has 0 saturated carbocycles. The van der Waals surface area contributed by atoms with E-state index in [-0.39, 0.29) is 36.7 Å². The third kappa shape index (κ3) is 4.97. The summed E-state index contributed by atoms with van der Waals surface area (Å²) in [7, 11) is 1.52. The molecule has 0 bridgehead atoms. The molecule has 2 N–H and O–H groups in total. The number of carbonyl (C=O) groups excluding carboxylic acids is 2. The number of carboxylic acid groups (broad SMARTS) is 1. The van der Waals surface area contributed by atoms with Gasteiger partial charge in [0, 0.05) is 24.0 Å². The number of halogens is 1. The summed E-state index contributed by atoms with van der Waals surface area (Å²) in [4.78, 5) is 37.7. The molecule has 3 aromatic rings. The fourth-order valence-corrected chi connectivity index (χ4v) is 4.48. The maximum atomic E-state index is 12.8. The van der Waals surface area contributed by atoms with Gasteiger partial charge in [-0.2, -0.15) is 0 Å². The molecule has 0 atom stereocenters. The van der Waals surface area contributed by atoms with Gasteiger partial charge in [0.2, 0.25) is 0 Å². The van der Waals surface area contributed by atoms with E-state index in [0.717, 1.165) is 22.3 Å². The van der Waals surface area contributed by atoms with E-state index in [0.29, 0.717) is 4.47 Å². The second-order valence-corrected chi connectivity index (χ2v) is 8.93. The molecule has 3 aromatic carbocycles. The molecule has 174 valence electrons. The van der Waals surface area contributed by atoms with Gasteiger partial charge >= 0.3 is 12.1 Å². The van der Waals surface area contributed by atoms with Crippen LogP contribution in [0.3, 0.4) is 0 Å². The van der Waals surface area contributed by atoms with Crippen LogP contribution in [0, 0.1) is 0 Å². The molecule has 0 fully saturated rings. The summed E-state index contributed by atoms with van der Waals surface area (Å²) in [5, 5.41) is 11.5. The van der Waals surface area contributed by atoms with E-state index in [1.165, 1.54) is 11.9 Å². The van der Waals surface area contributed by atoms with Crippen molar-refractivity contribution in [1.82, 2.24) is 4.90 Å². The lowest BCUT2D eigenvalue weighted by Gasteiger charge is -2.19. The van der Waals surface area contributed by atoms with Crippen LogP contribution < -0.4 is 5.32 Å². The molecule has 34 heavy (non-hydrogen) atoms. The van der Waals surface area contributed by atoms with E-state index in [1.54, 1.807) is 18.2 Å². The van der Waals surface area contributed by atoms with Crippen LogP contribution in [0.25, 0.3) is 11.1 Å². The fourth-order valence-electron chi connectivity index (χ4n) is 4.12. The van der Waals surface area contributed by atoms with E-state index in [1.807, 2.05) is 36.4 Å². The Morgan fingerprint density at radius 1 is 1.00 bits per heavy atom. The lowest BCUT2D eigenvalue weighted by atomic mass is 9.98. The molecule has 0 unspecified atom stereocenters. The second-order valence-electron chi connectivity index (χ2n) is 8.01. The quantitative estimate of drug-likeness (QED) is 0.435. The van der Waals surface area contributed by atoms with Crippen molar-refractivity contribution in [1.29, 1.82) is 0 Å². The monoisotopic (exact) mass is 522 g/mol. The summed E-state index contributed by atoms with van der Waals surface area (Å²) in [6.45, 7) is 0.199. The molecule has 0 aromatic heterocycles. The summed E-state index contributed by atoms with van der Waals surface area (Å²) in [5.41, 5.74) is 5.00. The summed E-state index contributed by atoms with van der Waals surface area (Å²) in [5.74, 6) is -1.47. The maximum absolute atomic E-state index is 12.8. The minimum Gasteiger partial charge on any atom is -0.481 e. The van der Waals surface area contributed by atoms with Crippen molar-refractivity contribution in [3.05, 3.63) is 87.9 Å². The van der Waals surface area contributed by atoms with E-state index in [4.69, 9.17) is 9.84 Å². The van der Waals surface area contributed by atoms with Gasteiger partial charge in [0.1, 0.15) is 6.61 Å². The average molecular weight is 523 g/mol. The smallest absolute Gasteiger partial charge is 0.411 e. The number of hydrogen-bond acceptors (Lipinski definition) is 4. The van der Waals surface area contributed by atoms with Gasteiger partial charge in [-0.1, -0.05) is 64.5 Å². The topological polar surface area (TPSA) is 95.9 Å². The summed E-state index contributed by atoms with van der Waals surface area (Å²) >= 11 is 3.36. The first-order valence-corrected chi connectivity index (χ1v) is 11.5. The van der Waals surface area contributed by atoms with Crippen molar-refractivity contribution in [3.8, 4) is 11.1 Å². The number of fused-ring (bicyclic) bond motifs is 3. The second kappa shape index (κ2) is 10.1. The van der Waals surface area contributed by atoms with Crippen LogP contribution in [0.15, 0.2) is 71.2 Å². The molecule has 0 heterocycles. The highest BCUT2D eigenvalue weighted by molar-refractivity contribution is 9.10. The molecule has 1 aliphatic rings. The Balaban J connectivity index is 1.47. The first-order valence-electron chi connectivity index (χ1n) is 10.7. The lowest BCUT2D eigenvalue weighted by Crippen LogP contribution is -2.30. The maximum Gasteiger partial charge on any atom is 0.411 e. The number of anilines is 1. The largest absolute Gasteiger partial charge is 0.481 e. The third-order valence-electron chi connectivity index (χ3n) is 5.80. The van der Waals surface area contributed by atoms with Gasteiger partial charge in [-0.05, 0) is 40.5 Å². The van der Waals surface area contributed by atoms with Gasteiger partial charge in [-0.3, -0.25) is 14.9 Å². The number of nitrogens with one attached hydrogen (secondary N) is 1. The number of carboxylic acids is 1. The molecular weight excluding hydrogens is 500 g/mol. The Labute approximate surface area is 205 Å². The molecule has 0 spiro atoms. The SMILES string of the molecule is CN(CCC(=O)O)C(=O)c1ccc(Br)cc1NC(=O)OCC1c2ccccc2-c2ccccc21. The molecule has 4 rings (SSSR count). The van der Waals surface area contributed by atoms with Crippen LogP contribution in [-0.2, 0) is 9.53 Å². The summed E-state index contributed by atoms with van der Waals surface area (Å²) < 4.78 is 6.26. The first-order chi connectivity index (χ1) is 16.3. The number of aliphatic carboxylic acids is 1. The van der Waals surface area contributed by atoms with E-state index >= 15 is 0 Å². The number of nitrogens with zero attached hydrogens (tertiary/aromatic N) is 1. The van der Waals surface area contributed by atoms with Crippen LogP contribution in [0.2, 0.25) is 0 Å². The van der Waals surface area contributed by atoms with Crippen LogP contribution in [0.5, 0.6) is 0 Å². The predicted molar refractivity (Wildman–Crippen MR) is 132 cm³/mol. The van der Waals surface area contributed by atoms with Crippen molar-refractivity contribution < 1.29 is 24.2 Å². The van der Waals surface area contributed by atoms with Crippen LogP contribution >= 0.6 is 15.9 Å². The molecule has 7 nitrogen and oxygen atoms in total. The van der Waals surface area contributed by atoms with E-state index < -0.39 is 18.0 Å². The zero-order chi connectivity index (χ0) is 24.2. The Bertz CT molecular complexity index is 1210. The molecule has 2 amide bonds. The number of benzene rings is 3. The van der Waals surface area contributed by atoms with Gasteiger partial charge in [0.05, 0.1) is 17.7 Å². The third-order valence-corrected chi connectivity index (χ3v) is 6.29. The Hall–Kier alpha value is -3.65. The lowest BCUT2D eigenvalue weighted by molar-refractivity contribution is -0.137. The van der Waals surface area contributed by atoms with Crippen molar-refractivity contribution >= 4 is 39.6 Å². The Morgan fingerprint density at radius 3 is 2.24 bits per heavy atom. The van der Waals surface area contributed by atoms with Crippen molar-refractivity contribution in [2.75, 3.05) is 25.5 Å². The van der Waals surface area contributed by atoms with Gasteiger partial charge < -0.3 is 14.7 Å². The zero-order valence-corrected chi connectivity index (χ0v) is 20.0. The normalized spacial score (nSPS) is 11.9. The number of carbonyl (C=O) groups is 3. The molecular formula is C26H23BrN2O5. The van der Waals surface area contributed by atoms with Gasteiger partial charge in [0.15, 0.2) is 0 Å². The molecule has 1 aliphatic carbocycles. The summed E-state index contributed by atoms with van der Waals surface area (Å²) in [6, 6.07) is 21.0. The molecule has 8 heteroatoms. The number of amides is 2. The molecule has 0 radical (unpaired) electrons. The van der Waals surface area contributed by atoms with Crippen LogP contribution in [0.1, 0.15) is 33.8 Å². The Morgan fingerprint density at radius 2 is 1.62 bits per heavy atom. The van der Waals surface area contributed by atoms with Crippen LogP contribution in [-0.4, -0.2) is 48.2 Å². The van der Waals surface area contributed by atoms with Gasteiger partial charge in [0.25, 0.3) is 5.91 Å². The van der Waals surface area contributed by atoms with E-state index in [2.05, 4.69) is 33.4 Å². The zero-order valence-electron chi connectivity index (χ0n) is 18.5. The predicted octanol–water partition coefficient (Wildman–Crippen LogP) is 5.36. The highest BCUT2D eigenvalue weighted by Gasteiger charge is 2.29. The highest BCUT2D eigenvalue weighted by atomic mass is 79.9. The Kier molecular flexibility index (Phi) is 6.98. The van der Waals surface area contributed by atoms with Gasteiger partial charge in [-0.15, -0.1) is 0 Å². The highest BCUT2D eigenvalue weighted by Crippen LogP contribution is 2.44. The average Bonchev–Trinajstić information content (AvgIpc) is 3.14. The van der Waals surface area contributed by atoms with Crippen molar-refractivity contribution in [2.45, 2.75) is 12.3 Å². The number of hydrogen-bond donors (Lipinski definition) is 2.